The number of benzene rings is 1. The Balaban J connectivity index is 1.05. The van der Waals surface area contributed by atoms with Crippen molar-refractivity contribution in [2.24, 2.45) is 5.92 Å². The van der Waals surface area contributed by atoms with Crippen LogP contribution in [0.3, 0.4) is 0 Å². The Morgan fingerprint density at radius 1 is 1.15 bits per heavy atom. The summed E-state index contributed by atoms with van der Waals surface area (Å²) in [5.74, 6) is 1.73. The number of hydrogen-bond donors (Lipinski definition) is 2. The summed E-state index contributed by atoms with van der Waals surface area (Å²) in [6, 6.07) is 7.82. The molecule has 1 saturated heterocycles. The highest BCUT2D eigenvalue weighted by atomic mass is 16.5. The Morgan fingerprint density at radius 2 is 1.98 bits per heavy atom. The summed E-state index contributed by atoms with van der Waals surface area (Å²) in [4.78, 5) is 41.0. The smallest absolute Gasteiger partial charge is 0.270 e. The SMILES string of the molecule is CC(=O)N1CCC(Cc2cc(C(=O)NC[C@@H](O)CN3CCc4cc(OCc5ocnc5C)ccc4C3)ncn2)CC1. The van der Waals surface area contributed by atoms with Gasteiger partial charge in [0.25, 0.3) is 5.91 Å². The van der Waals surface area contributed by atoms with Crippen LogP contribution in [0.1, 0.15) is 58.5 Å². The molecule has 0 unspecified atom stereocenters. The number of aliphatic hydroxyl groups is 1. The minimum Gasteiger partial charge on any atom is -0.486 e. The summed E-state index contributed by atoms with van der Waals surface area (Å²) >= 11 is 0. The second kappa shape index (κ2) is 13.2. The van der Waals surface area contributed by atoms with Gasteiger partial charge >= 0.3 is 0 Å². The molecule has 1 atom stereocenters. The van der Waals surface area contributed by atoms with E-state index in [1.54, 1.807) is 13.0 Å². The van der Waals surface area contributed by atoms with Crippen LogP contribution < -0.4 is 10.1 Å². The Labute approximate surface area is 239 Å². The average Bonchev–Trinajstić information content (AvgIpc) is 3.39. The fourth-order valence-electron chi connectivity index (χ4n) is 5.49. The minimum absolute atomic E-state index is 0.117. The lowest BCUT2D eigenvalue weighted by Crippen LogP contribution is -2.42. The van der Waals surface area contributed by atoms with E-state index < -0.39 is 6.10 Å². The number of fused-ring (bicyclic) bond motifs is 1. The molecule has 11 heteroatoms. The van der Waals surface area contributed by atoms with Gasteiger partial charge in [0.1, 0.15) is 24.4 Å². The standard InChI is InChI=1S/C30H38N6O5/c1-20-29(41-19-34-20)17-40-27-4-3-24-15-35(8-7-23(24)12-27)16-26(38)14-31-30(39)28-13-25(32-18-33-28)11-22-5-9-36(10-6-22)21(2)37/h3-4,12-13,18-19,22,26,38H,5-11,14-17H2,1-2H3,(H,31,39)/t26-/m1/s1. The molecule has 41 heavy (non-hydrogen) atoms. The van der Waals surface area contributed by atoms with Crippen molar-refractivity contribution in [1.29, 1.82) is 0 Å². The van der Waals surface area contributed by atoms with Crippen LogP contribution in [0.15, 0.2) is 41.4 Å². The van der Waals surface area contributed by atoms with Gasteiger partial charge in [-0.05, 0) is 67.9 Å². The maximum atomic E-state index is 12.8. The number of oxazole rings is 1. The van der Waals surface area contributed by atoms with Gasteiger partial charge in [-0.15, -0.1) is 0 Å². The molecule has 0 radical (unpaired) electrons. The number of amides is 2. The highest BCUT2D eigenvalue weighted by molar-refractivity contribution is 5.92. The zero-order valence-electron chi connectivity index (χ0n) is 23.7. The maximum Gasteiger partial charge on any atom is 0.270 e. The number of aryl methyl sites for hydroxylation is 1. The molecule has 0 bridgehead atoms. The number of β-amino-alcohol motifs (C(OH)–C–C–N with tert-alkyl or cyclic N) is 1. The maximum absolute atomic E-state index is 12.8. The lowest BCUT2D eigenvalue weighted by molar-refractivity contribution is -0.130. The zero-order chi connectivity index (χ0) is 28.8. The molecule has 1 aromatic carbocycles. The second-order valence-corrected chi connectivity index (χ2v) is 11.0. The molecule has 2 aromatic heterocycles. The van der Waals surface area contributed by atoms with Crippen molar-refractivity contribution < 1.29 is 23.8 Å². The van der Waals surface area contributed by atoms with Gasteiger partial charge < -0.3 is 24.5 Å². The van der Waals surface area contributed by atoms with E-state index in [0.29, 0.717) is 24.8 Å². The summed E-state index contributed by atoms with van der Waals surface area (Å²) in [6.45, 7) is 7.49. The number of nitrogens with zero attached hydrogens (tertiary/aromatic N) is 5. The first-order valence-electron chi connectivity index (χ1n) is 14.2. The third-order valence-corrected chi connectivity index (χ3v) is 7.97. The minimum atomic E-state index is -0.707. The monoisotopic (exact) mass is 562 g/mol. The number of carbonyl (C=O) groups is 2. The molecule has 0 saturated carbocycles. The summed E-state index contributed by atoms with van der Waals surface area (Å²) in [7, 11) is 0. The average molecular weight is 563 g/mol. The molecular weight excluding hydrogens is 524 g/mol. The van der Waals surface area contributed by atoms with E-state index in [2.05, 4.69) is 37.3 Å². The molecule has 2 aliphatic heterocycles. The van der Waals surface area contributed by atoms with Gasteiger partial charge in [-0.3, -0.25) is 14.5 Å². The largest absolute Gasteiger partial charge is 0.486 e. The molecule has 3 aromatic rings. The molecule has 2 N–H and O–H groups in total. The summed E-state index contributed by atoms with van der Waals surface area (Å²) in [5, 5.41) is 13.5. The van der Waals surface area contributed by atoms with Crippen LogP contribution in [0.25, 0.3) is 0 Å². The molecule has 5 rings (SSSR count). The van der Waals surface area contributed by atoms with E-state index >= 15 is 0 Å². The van der Waals surface area contributed by atoms with Gasteiger partial charge in [-0.2, -0.15) is 0 Å². The van der Waals surface area contributed by atoms with E-state index in [1.165, 1.54) is 23.8 Å². The van der Waals surface area contributed by atoms with E-state index in [-0.39, 0.29) is 18.4 Å². The number of piperidine rings is 1. The third-order valence-electron chi connectivity index (χ3n) is 7.97. The molecule has 2 amide bonds. The van der Waals surface area contributed by atoms with Gasteiger partial charge in [0.05, 0.1) is 11.8 Å². The summed E-state index contributed by atoms with van der Waals surface area (Å²) in [5.41, 5.74) is 4.39. The number of likely N-dealkylation sites (tertiary alicyclic amines) is 1. The predicted octanol–water partition coefficient (Wildman–Crippen LogP) is 2.30. The van der Waals surface area contributed by atoms with Gasteiger partial charge in [-0.1, -0.05) is 6.07 Å². The van der Waals surface area contributed by atoms with E-state index in [4.69, 9.17) is 9.15 Å². The lowest BCUT2D eigenvalue weighted by Gasteiger charge is -2.31. The summed E-state index contributed by atoms with van der Waals surface area (Å²) < 4.78 is 11.2. The first kappa shape index (κ1) is 28.7. The van der Waals surface area contributed by atoms with Crippen LogP contribution in [-0.4, -0.2) is 80.5 Å². The van der Waals surface area contributed by atoms with E-state index in [0.717, 1.165) is 74.8 Å². The van der Waals surface area contributed by atoms with Crippen molar-refractivity contribution in [1.82, 2.24) is 30.1 Å². The quantitative estimate of drug-likeness (QED) is 0.382. The molecule has 11 nitrogen and oxygen atoms in total. The Hall–Kier alpha value is -3.83. The van der Waals surface area contributed by atoms with Crippen LogP contribution in [0.5, 0.6) is 5.75 Å². The number of ether oxygens (including phenoxy) is 1. The molecular formula is C30H38N6O5. The highest BCUT2D eigenvalue weighted by Crippen LogP contribution is 2.25. The Morgan fingerprint density at radius 3 is 2.73 bits per heavy atom. The molecule has 0 spiro atoms. The number of carbonyl (C=O) groups excluding carboxylic acids is 2. The number of rotatable bonds is 10. The van der Waals surface area contributed by atoms with Gasteiger partial charge in [0.15, 0.2) is 12.2 Å². The molecule has 2 aliphatic rings. The highest BCUT2D eigenvalue weighted by Gasteiger charge is 2.23. The second-order valence-electron chi connectivity index (χ2n) is 11.0. The van der Waals surface area contributed by atoms with Crippen LogP contribution in [-0.2, 0) is 30.8 Å². The van der Waals surface area contributed by atoms with Crippen molar-refractivity contribution in [3.05, 3.63) is 71.0 Å². The lowest BCUT2D eigenvalue weighted by atomic mass is 9.92. The number of aromatic nitrogens is 3. The van der Waals surface area contributed by atoms with Crippen LogP contribution in [0, 0.1) is 12.8 Å². The van der Waals surface area contributed by atoms with Gasteiger partial charge in [-0.25, -0.2) is 15.0 Å². The predicted molar refractivity (Wildman–Crippen MR) is 150 cm³/mol. The fourth-order valence-corrected chi connectivity index (χ4v) is 5.49. The van der Waals surface area contributed by atoms with E-state index in [9.17, 15) is 14.7 Å². The molecule has 4 heterocycles. The fraction of sp³-hybridized carbons (Fsp3) is 0.500. The van der Waals surface area contributed by atoms with Gasteiger partial charge in [0.2, 0.25) is 5.91 Å². The van der Waals surface area contributed by atoms with Crippen molar-refractivity contribution in [3.63, 3.8) is 0 Å². The van der Waals surface area contributed by atoms with Crippen LogP contribution in [0.4, 0.5) is 0 Å². The number of nitrogens with one attached hydrogen (secondary N) is 1. The van der Waals surface area contributed by atoms with Gasteiger partial charge in [0, 0.05) is 51.9 Å². The van der Waals surface area contributed by atoms with Crippen molar-refractivity contribution in [3.8, 4) is 5.75 Å². The zero-order valence-corrected chi connectivity index (χ0v) is 23.7. The number of hydrogen-bond acceptors (Lipinski definition) is 9. The third kappa shape index (κ3) is 7.68. The summed E-state index contributed by atoms with van der Waals surface area (Å²) in [6.07, 6.45) is 5.59. The molecule has 1 fully saturated rings. The van der Waals surface area contributed by atoms with Crippen LogP contribution in [0.2, 0.25) is 0 Å². The van der Waals surface area contributed by atoms with Crippen LogP contribution >= 0.6 is 0 Å². The Kier molecular flexibility index (Phi) is 9.25. The number of aliphatic hydroxyl groups excluding tert-OH is 1. The normalized spacial score (nSPS) is 16.7. The van der Waals surface area contributed by atoms with Crippen molar-refractivity contribution in [2.45, 2.75) is 58.8 Å². The van der Waals surface area contributed by atoms with E-state index in [1.807, 2.05) is 17.9 Å². The molecule has 218 valence electrons. The van der Waals surface area contributed by atoms with Crippen molar-refractivity contribution >= 4 is 11.8 Å². The first-order valence-corrected chi connectivity index (χ1v) is 14.2. The topological polar surface area (TPSA) is 134 Å². The first-order chi connectivity index (χ1) is 19.8. The van der Waals surface area contributed by atoms with Crippen molar-refractivity contribution in [2.75, 3.05) is 32.7 Å². The Bertz CT molecular complexity index is 1350. The molecule has 0 aliphatic carbocycles.